The zero-order valence-corrected chi connectivity index (χ0v) is 8.90. The SMILES string of the molecule is Cc1nn(C)c(C)c1-c1ccc(=O)[nH]n1. The molecule has 5 nitrogen and oxygen atoms in total. The van der Waals surface area contributed by atoms with Gasteiger partial charge in [0.05, 0.1) is 11.4 Å². The van der Waals surface area contributed by atoms with Crippen molar-refractivity contribution in [1.82, 2.24) is 20.0 Å². The van der Waals surface area contributed by atoms with E-state index in [-0.39, 0.29) is 5.56 Å². The molecule has 0 radical (unpaired) electrons. The largest absolute Gasteiger partial charge is 0.272 e. The van der Waals surface area contributed by atoms with E-state index in [1.54, 1.807) is 10.7 Å². The lowest BCUT2D eigenvalue weighted by Gasteiger charge is -1.99. The first-order valence-electron chi connectivity index (χ1n) is 4.66. The molecule has 0 aromatic carbocycles. The number of hydrogen-bond donors (Lipinski definition) is 1. The normalized spacial score (nSPS) is 10.6. The van der Waals surface area contributed by atoms with Crippen LogP contribution >= 0.6 is 0 Å². The summed E-state index contributed by atoms with van der Waals surface area (Å²) in [5.74, 6) is 0. The van der Waals surface area contributed by atoms with Crippen molar-refractivity contribution in [3.63, 3.8) is 0 Å². The Morgan fingerprint density at radius 3 is 2.53 bits per heavy atom. The number of aromatic nitrogens is 4. The molecular formula is C10H12N4O. The molecule has 0 saturated heterocycles. The third-order valence-electron chi connectivity index (χ3n) is 2.44. The first-order valence-corrected chi connectivity index (χ1v) is 4.66. The second-order valence-corrected chi connectivity index (χ2v) is 3.48. The van der Waals surface area contributed by atoms with Gasteiger partial charge >= 0.3 is 0 Å². The number of hydrogen-bond acceptors (Lipinski definition) is 3. The van der Waals surface area contributed by atoms with Crippen molar-refractivity contribution >= 4 is 0 Å². The Kier molecular flexibility index (Phi) is 2.15. The third-order valence-corrected chi connectivity index (χ3v) is 2.44. The van der Waals surface area contributed by atoms with Gasteiger partial charge in [-0.2, -0.15) is 10.2 Å². The summed E-state index contributed by atoms with van der Waals surface area (Å²) in [5, 5.41) is 10.7. The van der Waals surface area contributed by atoms with Gasteiger partial charge in [0.2, 0.25) is 0 Å². The van der Waals surface area contributed by atoms with E-state index in [0.717, 1.165) is 22.6 Å². The van der Waals surface area contributed by atoms with Crippen LogP contribution < -0.4 is 5.56 Å². The Morgan fingerprint density at radius 1 is 1.33 bits per heavy atom. The van der Waals surface area contributed by atoms with Crippen LogP contribution in [-0.2, 0) is 7.05 Å². The van der Waals surface area contributed by atoms with Crippen molar-refractivity contribution in [1.29, 1.82) is 0 Å². The molecule has 0 aliphatic rings. The smallest absolute Gasteiger partial charge is 0.264 e. The zero-order chi connectivity index (χ0) is 11.0. The lowest BCUT2D eigenvalue weighted by Crippen LogP contribution is -2.06. The molecule has 2 heterocycles. The molecule has 0 unspecified atom stereocenters. The summed E-state index contributed by atoms with van der Waals surface area (Å²) in [6, 6.07) is 3.17. The Labute approximate surface area is 86.8 Å². The van der Waals surface area contributed by atoms with E-state index in [1.165, 1.54) is 6.07 Å². The Bertz CT molecular complexity index is 533. The summed E-state index contributed by atoms with van der Waals surface area (Å²) in [5.41, 5.74) is 3.48. The van der Waals surface area contributed by atoms with Crippen LogP contribution in [0.2, 0.25) is 0 Å². The summed E-state index contributed by atoms with van der Waals surface area (Å²) < 4.78 is 1.80. The van der Waals surface area contributed by atoms with Crippen molar-refractivity contribution in [2.24, 2.45) is 7.05 Å². The van der Waals surface area contributed by atoms with Crippen LogP contribution in [0.3, 0.4) is 0 Å². The van der Waals surface area contributed by atoms with Crippen LogP contribution in [0.25, 0.3) is 11.3 Å². The molecule has 0 spiro atoms. The minimum Gasteiger partial charge on any atom is -0.272 e. The minimum absolute atomic E-state index is 0.196. The van der Waals surface area contributed by atoms with Crippen LogP contribution in [0.15, 0.2) is 16.9 Å². The number of rotatable bonds is 1. The van der Waals surface area contributed by atoms with E-state index < -0.39 is 0 Å². The molecule has 2 rings (SSSR count). The van der Waals surface area contributed by atoms with Gasteiger partial charge in [0.15, 0.2) is 0 Å². The van der Waals surface area contributed by atoms with E-state index in [9.17, 15) is 4.79 Å². The second kappa shape index (κ2) is 3.34. The van der Waals surface area contributed by atoms with Gasteiger partial charge < -0.3 is 0 Å². The third kappa shape index (κ3) is 1.56. The lowest BCUT2D eigenvalue weighted by molar-refractivity contribution is 0.731. The Hall–Kier alpha value is -1.91. The number of nitrogens with zero attached hydrogens (tertiary/aromatic N) is 3. The van der Waals surface area contributed by atoms with Gasteiger partial charge in [-0.1, -0.05) is 0 Å². The van der Waals surface area contributed by atoms with Gasteiger partial charge in [0.25, 0.3) is 5.56 Å². The maximum Gasteiger partial charge on any atom is 0.264 e. The van der Waals surface area contributed by atoms with Gasteiger partial charge in [-0.25, -0.2) is 5.10 Å². The molecule has 0 amide bonds. The number of nitrogens with one attached hydrogen (secondary N) is 1. The summed E-state index contributed by atoms with van der Waals surface area (Å²) in [6.07, 6.45) is 0. The number of H-pyrrole nitrogens is 1. The lowest BCUT2D eigenvalue weighted by atomic mass is 10.1. The highest BCUT2D eigenvalue weighted by Gasteiger charge is 2.12. The predicted molar refractivity (Wildman–Crippen MR) is 56.5 cm³/mol. The molecule has 2 aromatic rings. The van der Waals surface area contributed by atoms with Crippen molar-refractivity contribution in [3.8, 4) is 11.3 Å². The van der Waals surface area contributed by atoms with E-state index in [2.05, 4.69) is 15.3 Å². The molecule has 0 atom stereocenters. The summed E-state index contributed by atoms with van der Waals surface area (Å²) in [6.45, 7) is 3.90. The first kappa shape index (κ1) is 9.64. The molecule has 1 N–H and O–H groups in total. The topological polar surface area (TPSA) is 63.6 Å². The van der Waals surface area contributed by atoms with Crippen molar-refractivity contribution in [2.75, 3.05) is 0 Å². The predicted octanol–water partition coefficient (Wildman–Crippen LogP) is 0.787. The minimum atomic E-state index is -0.196. The monoisotopic (exact) mass is 204 g/mol. The van der Waals surface area contributed by atoms with Crippen LogP contribution in [0.1, 0.15) is 11.4 Å². The zero-order valence-electron chi connectivity index (χ0n) is 8.90. The summed E-state index contributed by atoms with van der Waals surface area (Å²) in [7, 11) is 1.89. The molecule has 0 aliphatic carbocycles. The summed E-state index contributed by atoms with van der Waals surface area (Å²) in [4.78, 5) is 10.9. The molecule has 5 heteroatoms. The second-order valence-electron chi connectivity index (χ2n) is 3.48. The van der Waals surface area contributed by atoms with E-state index in [4.69, 9.17) is 0 Å². The molecule has 0 fully saturated rings. The highest BCUT2D eigenvalue weighted by Crippen LogP contribution is 2.22. The maximum absolute atomic E-state index is 10.9. The van der Waals surface area contributed by atoms with Gasteiger partial charge in [0.1, 0.15) is 0 Å². The number of aromatic amines is 1. The van der Waals surface area contributed by atoms with Gasteiger partial charge in [-0.3, -0.25) is 9.48 Å². The van der Waals surface area contributed by atoms with Gasteiger partial charge in [0, 0.05) is 24.4 Å². The Morgan fingerprint density at radius 2 is 2.07 bits per heavy atom. The van der Waals surface area contributed by atoms with Crippen LogP contribution in [-0.4, -0.2) is 20.0 Å². The summed E-state index contributed by atoms with van der Waals surface area (Å²) >= 11 is 0. The van der Waals surface area contributed by atoms with Crippen molar-refractivity contribution < 1.29 is 0 Å². The Balaban J connectivity index is 2.63. The molecule has 2 aromatic heterocycles. The molecule has 0 bridgehead atoms. The number of aryl methyl sites for hydroxylation is 2. The average molecular weight is 204 g/mol. The van der Waals surface area contributed by atoms with Gasteiger partial charge in [-0.15, -0.1) is 0 Å². The highest BCUT2D eigenvalue weighted by atomic mass is 16.1. The van der Waals surface area contributed by atoms with E-state index in [1.807, 2.05) is 20.9 Å². The van der Waals surface area contributed by atoms with E-state index >= 15 is 0 Å². The van der Waals surface area contributed by atoms with Gasteiger partial charge in [-0.05, 0) is 19.9 Å². The van der Waals surface area contributed by atoms with Crippen LogP contribution in [0, 0.1) is 13.8 Å². The first-order chi connectivity index (χ1) is 7.09. The van der Waals surface area contributed by atoms with Crippen molar-refractivity contribution in [3.05, 3.63) is 33.9 Å². The van der Waals surface area contributed by atoms with Crippen LogP contribution in [0.5, 0.6) is 0 Å². The van der Waals surface area contributed by atoms with Crippen molar-refractivity contribution in [2.45, 2.75) is 13.8 Å². The fourth-order valence-corrected chi connectivity index (χ4v) is 1.63. The van der Waals surface area contributed by atoms with E-state index in [0.29, 0.717) is 0 Å². The average Bonchev–Trinajstić information content (AvgIpc) is 2.44. The molecular weight excluding hydrogens is 192 g/mol. The van der Waals surface area contributed by atoms with Crippen LogP contribution in [0.4, 0.5) is 0 Å². The standard InChI is InChI=1S/C10H12N4O/c1-6-10(7(2)14(3)13-6)8-4-5-9(15)12-11-8/h4-5H,1-3H3,(H,12,15). The quantitative estimate of drug-likeness (QED) is 0.746. The molecule has 0 aliphatic heterocycles. The fourth-order valence-electron chi connectivity index (χ4n) is 1.63. The molecule has 0 saturated carbocycles. The highest BCUT2D eigenvalue weighted by molar-refractivity contribution is 5.63. The molecule has 15 heavy (non-hydrogen) atoms. The molecule has 78 valence electrons. The fraction of sp³-hybridized carbons (Fsp3) is 0.300. The maximum atomic E-state index is 10.9.